The van der Waals surface area contributed by atoms with Crippen molar-refractivity contribution in [3.8, 4) is 0 Å². The van der Waals surface area contributed by atoms with Crippen LogP contribution in [0.2, 0.25) is 5.02 Å². The quantitative estimate of drug-likeness (QED) is 0.826. The smallest absolute Gasteiger partial charge is 0.0551 e. The molecule has 1 aromatic carbocycles. The van der Waals surface area contributed by atoms with Gasteiger partial charge in [-0.15, -0.1) is 6.58 Å². The van der Waals surface area contributed by atoms with Crippen molar-refractivity contribution in [1.82, 2.24) is 0 Å². The molecule has 76 valence electrons. The Hall–Kier alpha value is -0.310. The molecule has 1 rings (SSSR count). The summed E-state index contributed by atoms with van der Waals surface area (Å²) in [5.41, 5.74) is 8.10. The minimum atomic E-state index is -0.0156. The molecule has 14 heavy (non-hydrogen) atoms. The lowest BCUT2D eigenvalue weighted by molar-refractivity contribution is 0.717. The second-order valence-corrected chi connectivity index (χ2v) is 4.70. The molecule has 0 spiro atoms. The van der Waals surface area contributed by atoms with Crippen molar-refractivity contribution in [2.75, 3.05) is 0 Å². The number of hydrogen-bond acceptors (Lipinski definition) is 1. The molecule has 0 bridgehead atoms. The van der Waals surface area contributed by atoms with Crippen molar-refractivity contribution < 1.29 is 0 Å². The summed E-state index contributed by atoms with van der Waals surface area (Å²) in [6.07, 6.45) is 0.790. The first-order valence-electron chi connectivity index (χ1n) is 4.35. The van der Waals surface area contributed by atoms with E-state index in [-0.39, 0.29) is 6.04 Å². The van der Waals surface area contributed by atoms with Gasteiger partial charge in [0.15, 0.2) is 0 Å². The molecule has 0 aromatic heterocycles. The summed E-state index contributed by atoms with van der Waals surface area (Å²) < 4.78 is 0.894. The van der Waals surface area contributed by atoms with Gasteiger partial charge in [-0.2, -0.15) is 0 Å². The zero-order valence-corrected chi connectivity index (χ0v) is 10.4. The summed E-state index contributed by atoms with van der Waals surface area (Å²) in [5.74, 6) is 0. The maximum absolute atomic E-state index is 5.98. The van der Waals surface area contributed by atoms with Crippen LogP contribution in [0.15, 0.2) is 34.8 Å². The van der Waals surface area contributed by atoms with Crippen LogP contribution in [0.25, 0.3) is 0 Å². The van der Waals surface area contributed by atoms with Gasteiger partial charge >= 0.3 is 0 Å². The van der Waals surface area contributed by atoms with Gasteiger partial charge in [-0.3, -0.25) is 0 Å². The van der Waals surface area contributed by atoms with Gasteiger partial charge in [-0.25, -0.2) is 0 Å². The predicted molar refractivity (Wildman–Crippen MR) is 65.5 cm³/mol. The third-order valence-electron chi connectivity index (χ3n) is 1.94. The third kappa shape index (κ3) is 3.12. The topological polar surface area (TPSA) is 26.0 Å². The van der Waals surface area contributed by atoms with E-state index in [0.29, 0.717) is 5.02 Å². The molecular formula is C11H13BrClN. The Balaban J connectivity index is 2.85. The molecule has 1 atom stereocenters. The van der Waals surface area contributed by atoms with Crippen molar-refractivity contribution in [1.29, 1.82) is 0 Å². The molecule has 0 radical (unpaired) electrons. The molecule has 2 N–H and O–H groups in total. The highest BCUT2D eigenvalue weighted by Gasteiger charge is 2.07. The van der Waals surface area contributed by atoms with E-state index in [1.165, 1.54) is 0 Å². The molecule has 0 saturated carbocycles. The molecule has 1 aromatic rings. The highest BCUT2D eigenvalue weighted by Crippen LogP contribution is 2.27. The Morgan fingerprint density at radius 1 is 1.64 bits per heavy atom. The van der Waals surface area contributed by atoms with Gasteiger partial charge in [0, 0.05) is 10.5 Å². The molecule has 0 aliphatic heterocycles. The van der Waals surface area contributed by atoms with E-state index >= 15 is 0 Å². The fraction of sp³-hybridized carbons (Fsp3) is 0.273. The molecule has 0 aliphatic carbocycles. The van der Waals surface area contributed by atoms with Crippen molar-refractivity contribution in [2.24, 2.45) is 5.73 Å². The summed E-state index contributed by atoms with van der Waals surface area (Å²) in [4.78, 5) is 0. The Morgan fingerprint density at radius 3 is 2.79 bits per heavy atom. The molecule has 1 nitrogen and oxygen atoms in total. The van der Waals surface area contributed by atoms with Gasteiger partial charge < -0.3 is 5.73 Å². The maximum Gasteiger partial charge on any atom is 0.0551 e. The zero-order chi connectivity index (χ0) is 10.7. The molecule has 1 unspecified atom stereocenters. The zero-order valence-electron chi connectivity index (χ0n) is 8.06. The summed E-state index contributed by atoms with van der Waals surface area (Å²) in [7, 11) is 0. The van der Waals surface area contributed by atoms with Crippen molar-refractivity contribution in [2.45, 2.75) is 19.4 Å². The van der Waals surface area contributed by atoms with Crippen LogP contribution in [-0.2, 0) is 0 Å². The van der Waals surface area contributed by atoms with E-state index in [1.807, 2.05) is 25.1 Å². The van der Waals surface area contributed by atoms with Crippen molar-refractivity contribution in [3.05, 3.63) is 45.4 Å². The van der Waals surface area contributed by atoms with Gasteiger partial charge in [0.05, 0.1) is 5.02 Å². The summed E-state index contributed by atoms with van der Waals surface area (Å²) in [6, 6.07) is 5.76. The van der Waals surface area contributed by atoms with E-state index in [0.717, 1.165) is 22.0 Å². The second-order valence-electron chi connectivity index (χ2n) is 3.44. The molecule has 0 aliphatic rings. The largest absolute Gasteiger partial charge is 0.324 e. The molecule has 0 fully saturated rings. The minimum absolute atomic E-state index is 0.0156. The third-order valence-corrected chi connectivity index (χ3v) is 3.17. The first-order chi connectivity index (χ1) is 6.50. The molecule has 0 heterocycles. The molecular weight excluding hydrogens is 261 g/mol. The van der Waals surface area contributed by atoms with E-state index in [4.69, 9.17) is 17.3 Å². The van der Waals surface area contributed by atoms with Crippen molar-refractivity contribution >= 4 is 27.5 Å². The van der Waals surface area contributed by atoms with Gasteiger partial charge in [0.25, 0.3) is 0 Å². The van der Waals surface area contributed by atoms with Gasteiger partial charge in [-0.1, -0.05) is 23.2 Å². The number of rotatable bonds is 3. The number of benzene rings is 1. The fourth-order valence-corrected chi connectivity index (χ4v) is 1.67. The summed E-state index contributed by atoms with van der Waals surface area (Å²) in [6.45, 7) is 5.81. The Labute approximate surface area is 98.1 Å². The van der Waals surface area contributed by atoms with Crippen LogP contribution < -0.4 is 5.73 Å². The highest BCUT2D eigenvalue weighted by molar-refractivity contribution is 9.10. The Morgan fingerprint density at radius 2 is 2.29 bits per heavy atom. The van der Waals surface area contributed by atoms with E-state index in [2.05, 4.69) is 22.5 Å². The van der Waals surface area contributed by atoms with Gasteiger partial charge in [0.1, 0.15) is 0 Å². The number of halogens is 2. The summed E-state index contributed by atoms with van der Waals surface area (Å²) >= 11 is 9.31. The monoisotopic (exact) mass is 273 g/mol. The van der Waals surface area contributed by atoms with Crippen LogP contribution in [0.3, 0.4) is 0 Å². The van der Waals surface area contributed by atoms with Crippen LogP contribution in [0.1, 0.15) is 24.9 Å². The standard InChI is InChI=1S/C11H13BrClN/c1-7(2)5-11(14)8-3-4-9(12)10(13)6-8/h3-4,6,11H,1,5,14H2,2H3. The first kappa shape index (κ1) is 11.8. The van der Waals surface area contributed by atoms with Crippen molar-refractivity contribution in [3.63, 3.8) is 0 Å². The number of nitrogens with two attached hydrogens (primary N) is 1. The molecule has 0 saturated heterocycles. The Bertz CT molecular complexity index is 349. The second kappa shape index (κ2) is 4.96. The molecule has 3 heteroatoms. The number of hydrogen-bond donors (Lipinski definition) is 1. The normalized spacial score (nSPS) is 12.6. The molecule has 0 amide bonds. The lowest BCUT2D eigenvalue weighted by Crippen LogP contribution is -2.10. The van der Waals surface area contributed by atoms with Crippen LogP contribution >= 0.6 is 27.5 Å². The fourth-order valence-electron chi connectivity index (χ4n) is 1.24. The van der Waals surface area contributed by atoms with Crippen LogP contribution in [0, 0.1) is 0 Å². The summed E-state index contributed by atoms with van der Waals surface area (Å²) in [5, 5.41) is 0.694. The van der Waals surface area contributed by atoms with Crippen LogP contribution in [0.4, 0.5) is 0 Å². The predicted octanol–water partition coefficient (Wildman–Crippen LogP) is 4.07. The SMILES string of the molecule is C=C(C)CC(N)c1ccc(Br)c(Cl)c1. The van der Waals surface area contributed by atoms with Crippen LogP contribution in [-0.4, -0.2) is 0 Å². The minimum Gasteiger partial charge on any atom is -0.324 e. The van der Waals surface area contributed by atoms with E-state index in [9.17, 15) is 0 Å². The van der Waals surface area contributed by atoms with Gasteiger partial charge in [0.2, 0.25) is 0 Å². The average Bonchev–Trinajstić information content (AvgIpc) is 2.08. The average molecular weight is 275 g/mol. The lowest BCUT2D eigenvalue weighted by Gasteiger charge is -2.12. The van der Waals surface area contributed by atoms with Crippen LogP contribution in [0.5, 0.6) is 0 Å². The van der Waals surface area contributed by atoms with E-state index in [1.54, 1.807) is 0 Å². The lowest BCUT2D eigenvalue weighted by atomic mass is 10.0. The van der Waals surface area contributed by atoms with E-state index < -0.39 is 0 Å². The first-order valence-corrected chi connectivity index (χ1v) is 5.52. The van der Waals surface area contributed by atoms with Gasteiger partial charge in [-0.05, 0) is 47.0 Å². The highest BCUT2D eigenvalue weighted by atomic mass is 79.9. The maximum atomic E-state index is 5.98. The Kier molecular flexibility index (Phi) is 4.17.